The highest BCUT2D eigenvalue weighted by Gasteiger charge is 2.21. The number of nitrogens with two attached hydrogens (primary N) is 1. The van der Waals surface area contributed by atoms with E-state index in [1.807, 2.05) is 11.6 Å². The van der Waals surface area contributed by atoms with Crippen LogP contribution in [0, 0.1) is 11.3 Å². The van der Waals surface area contributed by atoms with Crippen LogP contribution in [0.4, 0.5) is 5.82 Å². The van der Waals surface area contributed by atoms with Gasteiger partial charge in [-0.2, -0.15) is 10.4 Å². The van der Waals surface area contributed by atoms with Crippen LogP contribution in [0.15, 0.2) is 0 Å². The first-order chi connectivity index (χ1) is 8.27. The maximum Gasteiger partial charge on any atom is 0.140 e. The number of nitrogens with zero attached hydrogens (tertiary/aromatic N) is 3. The van der Waals surface area contributed by atoms with Gasteiger partial charge in [0, 0.05) is 0 Å². The molecule has 0 atom stereocenters. The van der Waals surface area contributed by atoms with Gasteiger partial charge in [-0.3, -0.25) is 0 Å². The van der Waals surface area contributed by atoms with E-state index in [0.717, 1.165) is 25.0 Å². The minimum atomic E-state index is 0.393. The fourth-order valence-electron chi connectivity index (χ4n) is 2.65. The van der Waals surface area contributed by atoms with E-state index in [1.54, 1.807) is 0 Å². The Morgan fingerprint density at radius 3 is 2.47 bits per heavy atom. The van der Waals surface area contributed by atoms with Crippen molar-refractivity contribution in [2.75, 3.05) is 5.73 Å². The lowest BCUT2D eigenvalue weighted by Gasteiger charge is -2.16. The quantitative estimate of drug-likeness (QED) is 0.797. The third-order valence-corrected chi connectivity index (χ3v) is 3.64. The van der Waals surface area contributed by atoms with Gasteiger partial charge < -0.3 is 5.73 Å². The van der Waals surface area contributed by atoms with Crippen LogP contribution in [0.1, 0.15) is 62.7 Å². The first-order valence-electron chi connectivity index (χ1n) is 6.54. The van der Waals surface area contributed by atoms with Crippen molar-refractivity contribution in [3.63, 3.8) is 0 Å². The van der Waals surface area contributed by atoms with Crippen LogP contribution in [0.5, 0.6) is 0 Å². The van der Waals surface area contributed by atoms with Crippen molar-refractivity contribution >= 4 is 5.82 Å². The molecule has 0 spiro atoms. The van der Waals surface area contributed by atoms with Gasteiger partial charge in [-0.15, -0.1) is 0 Å². The van der Waals surface area contributed by atoms with Crippen molar-refractivity contribution in [1.82, 2.24) is 9.78 Å². The molecule has 1 aromatic rings. The average molecular weight is 232 g/mol. The van der Waals surface area contributed by atoms with E-state index in [4.69, 9.17) is 11.0 Å². The molecule has 4 nitrogen and oxygen atoms in total. The number of nitriles is 1. The number of aryl methyl sites for hydroxylation is 1. The monoisotopic (exact) mass is 232 g/mol. The summed E-state index contributed by atoms with van der Waals surface area (Å²) >= 11 is 0. The van der Waals surface area contributed by atoms with Crippen LogP contribution >= 0.6 is 0 Å². The van der Waals surface area contributed by atoms with Crippen LogP contribution in [0.2, 0.25) is 0 Å². The number of anilines is 1. The van der Waals surface area contributed by atoms with Crippen LogP contribution in [-0.4, -0.2) is 9.78 Å². The van der Waals surface area contributed by atoms with Gasteiger partial charge in [0.15, 0.2) is 0 Å². The van der Waals surface area contributed by atoms with E-state index in [1.165, 1.54) is 25.7 Å². The minimum Gasteiger partial charge on any atom is -0.383 e. The molecule has 1 heterocycles. The zero-order chi connectivity index (χ0) is 12.3. The van der Waals surface area contributed by atoms with Crippen molar-refractivity contribution in [2.45, 2.75) is 57.9 Å². The van der Waals surface area contributed by atoms with E-state index in [-0.39, 0.29) is 0 Å². The van der Waals surface area contributed by atoms with Crippen molar-refractivity contribution in [2.24, 2.45) is 0 Å². The predicted molar refractivity (Wildman–Crippen MR) is 67.5 cm³/mol. The number of nitrogen functional groups attached to an aromatic ring is 1. The van der Waals surface area contributed by atoms with Gasteiger partial charge in [0.05, 0.1) is 11.7 Å². The normalized spacial score (nSPS) is 17.6. The first-order valence-corrected chi connectivity index (χ1v) is 6.54. The molecule has 0 radical (unpaired) electrons. The summed E-state index contributed by atoms with van der Waals surface area (Å²) in [5.74, 6) is 0.566. The summed E-state index contributed by atoms with van der Waals surface area (Å²) in [7, 11) is 0. The molecule has 1 aromatic heterocycles. The number of rotatable bonds is 2. The summed E-state index contributed by atoms with van der Waals surface area (Å²) in [6.45, 7) is 2.01. The van der Waals surface area contributed by atoms with Gasteiger partial charge in [-0.1, -0.05) is 32.6 Å². The maximum absolute atomic E-state index is 9.11. The Kier molecular flexibility index (Phi) is 3.68. The van der Waals surface area contributed by atoms with Gasteiger partial charge in [-0.05, 0) is 19.3 Å². The molecule has 0 unspecified atom stereocenters. The summed E-state index contributed by atoms with van der Waals surface area (Å²) in [6, 6.07) is 2.57. The predicted octanol–water partition coefficient (Wildman–Crippen LogP) is 2.79. The molecule has 0 amide bonds. The molecule has 1 aliphatic carbocycles. The Balaban J connectivity index is 2.31. The lowest BCUT2D eigenvalue weighted by molar-refractivity contribution is 0.408. The average Bonchev–Trinajstić information content (AvgIpc) is 2.55. The standard InChI is InChI=1S/C13H20N4/c1-2-12-11(9-14)13(15)17(16-12)10-7-5-3-4-6-8-10/h10H,2-8,15H2,1H3. The fourth-order valence-corrected chi connectivity index (χ4v) is 2.65. The maximum atomic E-state index is 9.11. The molecule has 92 valence electrons. The Bertz CT molecular complexity index is 419. The van der Waals surface area contributed by atoms with Crippen molar-refractivity contribution < 1.29 is 0 Å². The third kappa shape index (κ3) is 2.28. The zero-order valence-corrected chi connectivity index (χ0v) is 10.4. The molecular formula is C13H20N4. The molecule has 0 bridgehead atoms. The van der Waals surface area contributed by atoms with E-state index in [0.29, 0.717) is 17.4 Å². The molecule has 2 rings (SSSR count). The minimum absolute atomic E-state index is 0.393. The largest absolute Gasteiger partial charge is 0.383 e. The van der Waals surface area contributed by atoms with Crippen LogP contribution < -0.4 is 5.73 Å². The lowest BCUT2D eigenvalue weighted by atomic mass is 10.1. The van der Waals surface area contributed by atoms with E-state index >= 15 is 0 Å². The summed E-state index contributed by atoms with van der Waals surface area (Å²) in [5.41, 5.74) is 7.47. The zero-order valence-electron chi connectivity index (χ0n) is 10.4. The fraction of sp³-hybridized carbons (Fsp3) is 0.692. The highest BCUT2D eigenvalue weighted by atomic mass is 15.3. The molecule has 1 saturated carbocycles. The Morgan fingerprint density at radius 2 is 2.00 bits per heavy atom. The molecule has 17 heavy (non-hydrogen) atoms. The molecular weight excluding hydrogens is 212 g/mol. The van der Waals surface area contributed by atoms with Crippen molar-refractivity contribution in [3.05, 3.63) is 11.3 Å². The van der Waals surface area contributed by atoms with E-state index < -0.39 is 0 Å². The van der Waals surface area contributed by atoms with Gasteiger partial charge in [0.1, 0.15) is 17.5 Å². The van der Waals surface area contributed by atoms with Crippen molar-refractivity contribution in [3.8, 4) is 6.07 Å². The Hall–Kier alpha value is -1.50. The Morgan fingerprint density at radius 1 is 1.35 bits per heavy atom. The summed E-state index contributed by atoms with van der Waals surface area (Å²) in [6.07, 6.45) is 8.15. The second-order valence-electron chi connectivity index (χ2n) is 4.76. The summed E-state index contributed by atoms with van der Waals surface area (Å²) < 4.78 is 1.91. The molecule has 0 aromatic carbocycles. The Labute approximate surface area is 102 Å². The first kappa shape index (κ1) is 12.0. The SMILES string of the molecule is CCc1nn(C2CCCCCC2)c(N)c1C#N. The molecule has 2 N–H and O–H groups in total. The van der Waals surface area contributed by atoms with Gasteiger partial charge in [0.25, 0.3) is 0 Å². The molecule has 0 saturated heterocycles. The second-order valence-corrected chi connectivity index (χ2v) is 4.76. The lowest BCUT2D eigenvalue weighted by Crippen LogP contribution is -2.13. The number of aromatic nitrogens is 2. The molecule has 1 fully saturated rings. The molecule has 4 heteroatoms. The topological polar surface area (TPSA) is 67.6 Å². The highest BCUT2D eigenvalue weighted by Crippen LogP contribution is 2.30. The van der Waals surface area contributed by atoms with Gasteiger partial charge >= 0.3 is 0 Å². The second kappa shape index (κ2) is 5.22. The highest BCUT2D eigenvalue weighted by molar-refractivity contribution is 5.52. The third-order valence-electron chi connectivity index (χ3n) is 3.64. The van der Waals surface area contributed by atoms with E-state index in [2.05, 4.69) is 11.2 Å². The number of hydrogen-bond donors (Lipinski definition) is 1. The van der Waals surface area contributed by atoms with E-state index in [9.17, 15) is 0 Å². The smallest absolute Gasteiger partial charge is 0.140 e. The van der Waals surface area contributed by atoms with Crippen LogP contribution in [-0.2, 0) is 6.42 Å². The van der Waals surface area contributed by atoms with Crippen molar-refractivity contribution in [1.29, 1.82) is 5.26 Å². The summed E-state index contributed by atoms with van der Waals surface area (Å²) in [5, 5.41) is 13.6. The van der Waals surface area contributed by atoms with Gasteiger partial charge in [0.2, 0.25) is 0 Å². The van der Waals surface area contributed by atoms with Crippen LogP contribution in [0.3, 0.4) is 0 Å². The number of hydrogen-bond acceptors (Lipinski definition) is 3. The van der Waals surface area contributed by atoms with Gasteiger partial charge in [-0.25, -0.2) is 4.68 Å². The van der Waals surface area contributed by atoms with Crippen LogP contribution in [0.25, 0.3) is 0 Å². The molecule has 1 aliphatic rings. The molecule has 0 aliphatic heterocycles. The summed E-state index contributed by atoms with van der Waals surface area (Å²) in [4.78, 5) is 0.